The number of nitrogens with two attached hydrogens (primary N) is 1. The summed E-state index contributed by atoms with van der Waals surface area (Å²) in [6.07, 6.45) is -1.09. The van der Waals surface area contributed by atoms with Crippen LogP contribution in [0.2, 0.25) is 0 Å². The van der Waals surface area contributed by atoms with Crippen molar-refractivity contribution in [2.45, 2.75) is 17.9 Å². The van der Waals surface area contributed by atoms with Crippen LogP contribution in [0.1, 0.15) is 17.5 Å². The van der Waals surface area contributed by atoms with Crippen molar-refractivity contribution in [3.63, 3.8) is 0 Å². The number of fused-ring (bicyclic) bond motifs is 1. The summed E-state index contributed by atoms with van der Waals surface area (Å²) in [5.41, 5.74) is 0.871. The number of carbonyl (C=O) groups excluding carboxylic acids is 2. The normalized spacial score (nSPS) is 12.5. The van der Waals surface area contributed by atoms with Crippen LogP contribution in [0.15, 0.2) is 63.9 Å². The molecule has 0 aliphatic carbocycles. The first-order valence-electron chi connectivity index (χ1n) is 7.87. The highest BCUT2D eigenvalue weighted by Crippen LogP contribution is 2.20. The fourth-order valence-corrected chi connectivity index (χ4v) is 2.84. The van der Waals surface area contributed by atoms with Crippen LogP contribution in [0, 0.1) is 0 Å². The molecule has 27 heavy (non-hydrogen) atoms. The van der Waals surface area contributed by atoms with Gasteiger partial charge in [-0.2, -0.15) is 0 Å². The molecule has 0 bridgehead atoms. The minimum atomic E-state index is -3.81. The van der Waals surface area contributed by atoms with Gasteiger partial charge >= 0.3 is 5.97 Å². The van der Waals surface area contributed by atoms with Gasteiger partial charge in [0.05, 0.1) is 4.90 Å². The van der Waals surface area contributed by atoms with Crippen molar-refractivity contribution in [1.82, 2.24) is 0 Å². The molecule has 1 amide bonds. The molecule has 0 saturated carbocycles. The second-order valence-corrected chi connectivity index (χ2v) is 7.32. The first kappa shape index (κ1) is 18.6. The molecule has 0 aliphatic rings. The van der Waals surface area contributed by atoms with E-state index in [4.69, 9.17) is 14.3 Å². The van der Waals surface area contributed by atoms with Gasteiger partial charge in [0.1, 0.15) is 5.58 Å². The van der Waals surface area contributed by atoms with Crippen LogP contribution < -0.4 is 10.5 Å². The first-order chi connectivity index (χ1) is 12.7. The lowest BCUT2D eigenvalue weighted by Crippen LogP contribution is -2.29. The molecule has 0 radical (unpaired) electrons. The Labute approximate surface area is 155 Å². The minimum absolute atomic E-state index is 0.00615. The number of para-hydroxylation sites is 1. The third-order valence-electron chi connectivity index (χ3n) is 3.73. The summed E-state index contributed by atoms with van der Waals surface area (Å²) in [4.78, 5) is 24.3. The zero-order valence-electron chi connectivity index (χ0n) is 14.2. The van der Waals surface area contributed by atoms with Gasteiger partial charge in [-0.25, -0.2) is 18.4 Å². The number of sulfonamides is 1. The monoisotopic (exact) mass is 388 g/mol. The highest BCUT2D eigenvalue weighted by Gasteiger charge is 2.21. The van der Waals surface area contributed by atoms with Gasteiger partial charge < -0.3 is 14.5 Å². The van der Waals surface area contributed by atoms with Crippen molar-refractivity contribution in [2.75, 3.05) is 5.32 Å². The van der Waals surface area contributed by atoms with E-state index in [0.717, 1.165) is 5.39 Å². The Kier molecular flexibility index (Phi) is 4.98. The SMILES string of the molecule is C[C@H](OC(=O)c1cc2ccccc2o1)C(=O)Nc1ccc(S(N)(=O)=O)cc1. The molecule has 3 aromatic rings. The molecule has 0 aliphatic heterocycles. The smallest absolute Gasteiger partial charge is 0.375 e. The van der Waals surface area contributed by atoms with Crippen molar-refractivity contribution in [1.29, 1.82) is 0 Å². The van der Waals surface area contributed by atoms with E-state index in [1.165, 1.54) is 37.3 Å². The summed E-state index contributed by atoms with van der Waals surface area (Å²) in [7, 11) is -3.81. The molecule has 9 heteroatoms. The molecule has 1 atom stereocenters. The number of hydrogen-bond donors (Lipinski definition) is 2. The average Bonchev–Trinajstić information content (AvgIpc) is 3.05. The van der Waals surface area contributed by atoms with Gasteiger partial charge in [-0.15, -0.1) is 0 Å². The van der Waals surface area contributed by atoms with Gasteiger partial charge in [-0.3, -0.25) is 4.79 Å². The second kappa shape index (κ2) is 7.22. The van der Waals surface area contributed by atoms with Crippen LogP contribution >= 0.6 is 0 Å². The number of anilines is 1. The fourth-order valence-electron chi connectivity index (χ4n) is 2.33. The summed E-state index contributed by atoms with van der Waals surface area (Å²) in [6, 6.07) is 13.9. The Bertz CT molecular complexity index is 1070. The third-order valence-corrected chi connectivity index (χ3v) is 4.66. The summed E-state index contributed by atoms with van der Waals surface area (Å²) in [5.74, 6) is -1.35. The van der Waals surface area contributed by atoms with Crippen LogP contribution in [-0.4, -0.2) is 26.4 Å². The lowest BCUT2D eigenvalue weighted by Gasteiger charge is -2.12. The summed E-state index contributed by atoms with van der Waals surface area (Å²) in [6.45, 7) is 1.41. The van der Waals surface area contributed by atoms with Gasteiger partial charge in [-0.1, -0.05) is 18.2 Å². The Balaban J connectivity index is 1.64. The van der Waals surface area contributed by atoms with Gasteiger partial charge in [0, 0.05) is 11.1 Å². The molecule has 2 aromatic carbocycles. The third kappa shape index (κ3) is 4.33. The number of nitrogens with one attached hydrogen (secondary N) is 1. The largest absolute Gasteiger partial charge is 0.449 e. The van der Waals surface area contributed by atoms with Gasteiger partial charge in [0.2, 0.25) is 15.8 Å². The van der Waals surface area contributed by atoms with E-state index in [1.807, 2.05) is 6.07 Å². The van der Waals surface area contributed by atoms with Crippen molar-refractivity contribution in [2.24, 2.45) is 5.14 Å². The number of furan rings is 1. The maximum absolute atomic E-state index is 12.2. The predicted molar refractivity (Wildman–Crippen MR) is 97.5 cm³/mol. The van der Waals surface area contributed by atoms with Crippen molar-refractivity contribution in [3.8, 4) is 0 Å². The Morgan fingerprint density at radius 3 is 2.41 bits per heavy atom. The Hall–Kier alpha value is -3.17. The topological polar surface area (TPSA) is 129 Å². The summed E-state index contributed by atoms with van der Waals surface area (Å²) < 4.78 is 33.0. The number of benzene rings is 2. The molecule has 0 spiro atoms. The predicted octanol–water partition coefficient (Wildman–Crippen LogP) is 2.26. The van der Waals surface area contributed by atoms with Crippen LogP contribution in [0.25, 0.3) is 11.0 Å². The highest BCUT2D eigenvalue weighted by atomic mass is 32.2. The zero-order valence-corrected chi connectivity index (χ0v) is 15.0. The molecule has 8 nitrogen and oxygen atoms in total. The van der Waals surface area contributed by atoms with E-state index in [2.05, 4.69) is 5.32 Å². The lowest BCUT2D eigenvalue weighted by atomic mass is 10.2. The van der Waals surface area contributed by atoms with Gasteiger partial charge in [0.15, 0.2) is 6.10 Å². The highest BCUT2D eigenvalue weighted by molar-refractivity contribution is 7.89. The van der Waals surface area contributed by atoms with E-state index in [-0.39, 0.29) is 10.7 Å². The molecule has 3 rings (SSSR count). The molecule has 1 heterocycles. The number of amides is 1. The number of hydrogen-bond acceptors (Lipinski definition) is 6. The van der Waals surface area contributed by atoms with E-state index in [0.29, 0.717) is 11.3 Å². The minimum Gasteiger partial charge on any atom is -0.449 e. The fraction of sp³-hybridized carbons (Fsp3) is 0.111. The summed E-state index contributed by atoms with van der Waals surface area (Å²) in [5, 5.41) is 8.28. The molecular weight excluding hydrogens is 372 g/mol. The van der Waals surface area contributed by atoms with E-state index >= 15 is 0 Å². The number of ether oxygens (including phenoxy) is 1. The quantitative estimate of drug-likeness (QED) is 0.645. The van der Waals surface area contributed by atoms with E-state index in [1.54, 1.807) is 18.2 Å². The molecule has 140 valence electrons. The maximum Gasteiger partial charge on any atom is 0.375 e. The zero-order chi connectivity index (χ0) is 19.6. The lowest BCUT2D eigenvalue weighted by molar-refractivity contribution is -0.123. The molecule has 1 aromatic heterocycles. The average molecular weight is 388 g/mol. The molecule has 0 unspecified atom stereocenters. The standard InChI is InChI=1S/C18H16N2O6S/c1-11(17(21)20-13-6-8-14(9-7-13)27(19,23)24)25-18(22)16-10-12-4-2-3-5-15(12)26-16/h2-11H,1H3,(H,20,21)(H2,19,23,24)/t11-/m0/s1. The van der Waals surface area contributed by atoms with Crippen LogP contribution in [-0.2, 0) is 19.6 Å². The number of rotatable bonds is 5. The number of esters is 1. The first-order valence-corrected chi connectivity index (χ1v) is 9.42. The van der Waals surface area contributed by atoms with E-state index in [9.17, 15) is 18.0 Å². The molecule has 0 fully saturated rings. The van der Waals surface area contributed by atoms with Crippen molar-refractivity contribution >= 4 is 38.6 Å². The number of primary sulfonamides is 1. The number of carbonyl (C=O) groups is 2. The van der Waals surface area contributed by atoms with Crippen LogP contribution in [0.4, 0.5) is 5.69 Å². The molecule has 3 N–H and O–H groups in total. The Morgan fingerprint density at radius 1 is 1.11 bits per heavy atom. The summed E-state index contributed by atoms with van der Waals surface area (Å²) >= 11 is 0. The van der Waals surface area contributed by atoms with Crippen molar-refractivity contribution in [3.05, 3.63) is 60.4 Å². The van der Waals surface area contributed by atoms with E-state index < -0.39 is 28.0 Å². The van der Waals surface area contributed by atoms with Crippen LogP contribution in [0.3, 0.4) is 0 Å². The van der Waals surface area contributed by atoms with Gasteiger partial charge in [0.25, 0.3) is 5.91 Å². The second-order valence-electron chi connectivity index (χ2n) is 5.75. The maximum atomic E-state index is 12.2. The Morgan fingerprint density at radius 2 is 1.78 bits per heavy atom. The van der Waals surface area contributed by atoms with Crippen molar-refractivity contribution < 1.29 is 27.2 Å². The van der Waals surface area contributed by atoms with Gasteiger partial charge in [-0.05, 0) is 43.3 Å². The van der Waals surface area contributed by atoms with Crippen LogP contribution in [0.5, 0.6) is 0 Å². The molecule has 0 saturated heterocycles. The molecular formula is C18H16N2O6S.